The van der Waals surface area contributed by atoms with Crippen LogP contribution in [0.3, 0.4) is 0 Å². The third-order valence-corrected chi connectivity index (χ3v) is 1.28. The first-order valence-corrected chi connectivity index (χ1v) is 3.36. The molecule has 4 nitrogen and oxygen atoms in total. The number of aryl methyl sites for hydroxylation is 1. The van der Waals surface area contributed by atoms with Gasteiger partial charge in [0.15, 0.2) is 5.78 Å². The van der Waals surface area contributed by atoms with Crippen LogP contribution in [0.2, 0.25) is 0 Å². The van der Waals surface area contributed by atoms with Crippen LogP contribution < -0.4 is 5.73 Å². The highest BCUT2D eigenvalue weighted by Gasteiger charge is 2.05. The number of Topliss-reactive ketones (excluding diaryl/α,β-unsaturated/α-hetero) is 1. The van der Waals surface area contributed by atoms with Crippen LogP contribution in [0.4, 0.5) is 0 Å². The van der Waals surface area contributed by atoms with E-state index in [0.29, 0.717) is 5.76 Å². The highest BCUT2D eigenvalue weighted by molar-refractivity contribution is 5.81. The fraction of sp³-hybridized carbons (Fsp3) is 0.429. The lowest BCUT2D eigenvalue weighted by atomic mass is 10.2. The normalized spacial score (nSPS) is 10.0. The molecule has 0 radical (unpaired) electrons. The van der Waals surface area contributed by atoms with Crippen molar-refractivity contribution in [1.29, 1.82) is 0 Å². The van der Waals surface area contributed by atoms with Crippen molar-refractivity contribution < 1.29 is 9.32 Å². The smallest absolute Gasteiger partial charge is 0.154 e. The summed E-state index contributed by atoms with van der Waals surface area (Å²) in [7, 11) is 0. The molecule has 4 heteroatoms. The quantitative estimate of drug-likeness (QED) is 0.668. The molecule has 60 valence electrons. The molecule has 0 spiro atoms. The van der Waals surface area contributed by atoms with Gasteiger partial charge in [0.05, 0.1) is 18.7 Å². The van der Waals surface area contributed by atoms with Crippen LogP contribution in [0.25, 0.3) is 0 Å². The SMILES string of the molecule is Cc1cc(CC(=O)CN)on1. The molecule has 1 aromatic heterocycles. The Morgan fingerprint density at radius 3 is 3.00 bits per heavy atom. The van der Waals surface area contributed by atoms with Gasteiger partial charge < -0.3 is 10.3 Å². The van der Waals surface area contributed by atoms with E-state index in [2.05, 4.69) is 5.16 Å². The number of rotatable bonds is 3. The summed E-state index contributed by atoms with van der Waals surface area (Å²) >= 11 is 0. The molecule has 1 rings (SSSR count). The second-order valence-corrected chi connectivity index (χ2v) is 2.35. The Morgan fingerprint density at radius 2 is 2.55 bits per heavy atom. The Kier molecular flexibility index (Phi) is 2.38. The minimum atomic E-state index is -0.0406. The van der Waals surface area contributed by atoms with Gasteiger partial charge in [-0.3, -0.25) is 4.79 Å². The summed E-state index contributed by atoms with van der Waals surface area (Å²) in [4.78, 5) is 10.8. The first-order chi connectivity index (χ1) is 5.22. The third-order valence-electron chi connectivity index (χ3n) is 1.28. The van der Waals surface area contributed by atoms with E-state index in [0.717, 1.165) is 5.69 Å². The largest absolute Gasteiger partial charge is 0.361 e. The van der Waals surface area contributed by atoms with Gasteiger partial charge in [-0.1, -0.05) is 5.16 Å². The molecule has 0 aliphatic rings. The number of nitrogens with zero attached hydrogens (tertiary/aromatic N) is 1. The van der Waals surface area contributed by atoms with Crippen LogP contribution in [-0.4, -0.2) is 17.5 Å². The Bertz CT molecular complexity index is 255. The molecule has 11 heavy (non-hydrogen) atoms. The predicted molar refractivity (Wildman–Crippen MR) is 39.0 cm³/mol. The maximum Gasteiger partial charge on any atom is 0.154 e. The van der Waals surface area contributed by atoms with Gasteiger partial charge in [-0.05, 0) is 6.92 Å². The maximum absolute atomic E-state index is 10.8. The topological polar surface area (TPSA) is 69.1 Å². The van der Waals surface area contributed by atoms with Crippen LogP contribution in [0.15, 0.2) is 10.6 Å². The fourth-order valence-corrected chi connectivity index (χ4v) is 0.766. The van der Waals surface area contributed by atoms with Crippen LogP contribution in [0.5, 0.6) is 0 Å². The molecule has 0 fully saturated rings. The van der Waals surface area contributed by atoms with Crippen LogP contribution in [0, 0.1) is 6.92 Å². The van der Waals surface area contributed by atoms with Gasteiger partial charge in [0.1, 0.15) is 5.76 Å². The number of carbonyl (C=O) groups excluding carboxylic acids is 1. The fourth-order valence-electron chi connectivity index (χ4n) is 0.766. The lowest BCUT2D eigenvalue weighted by Crippen LogP contribution is -2.15. The standard InChI is InChI=1S/C7H10N2O2/c1-5-2-7(11-9-5)3-6(10)4-8/h2H,3-4,8H2,1H3. The van der Waals surface area contributed by atoms with E-state index in [1.807, 2.05) is 0 Å². The molecular formula is C7H10N2O2. The Morgan fingerprint density at radius 1 is 1.82 bits per heavy atom. The Balaban J connectivity index is 2.57. The summed E-state index contributed by atoms with van der Waals surface area (Å²) in [5.74, 6) is 0.541. The molecule has 0 saturated carbocycles. The van der Waals surface area contributed by atoms with E-state index in [9.17, 15) is 4.79 Å². The van der Waals surface area contributed by atoms with Gasteiger partial charge in [0.25, 0.3) is 0 Å². The van der Waals surface area contributed by atoms with Gasteiger partial charge in [-0.25, -0.2) is 0 Å². The maximum atomic E-state index is 10.8. The van der Waals surface area contributed by atoms with Crippen molar-refractivity contribution in [3.05, 3.63) is 17.5 Å². The summed E-state index contributed by atoms with van der Waals surface area (Å²) in [6.07, 6.45) is 0.247. The molecular weight excluding hydrogens is 144 g/mol. The molecule has 0 unspecified atom stereocenters. The molecule has 0 bridgehead atoms. The molecule has 0 amide bonds. The van der Waals surface area contributed by atoms with Crippen molar-refractivity contribution >= 4 is 5.78 Å². The second-order valence-electron chi connectivity index (χ2n) is 2.35. The van der Waals surface area contributed by atoms with Crippen molar-refractivity contribution in [3.8, 4) is 0 Å². The van der Waals surface area contributed by atoms with Gasteiger partial charge in [0.2, 0.25) is 0 Å². The van der Waals surface area contributed by atoms with Gasteiger partial charge in [-0.2, -0.15) is 0 Å². The Labute approximate surface area is 64.4 Å². The average Bonchev–Trinajstić information content (AvgIpc) is 2.35. The molecule has 0 atom stereocenters. The summed E-state index contributed by atoms with van der Waals surface area (Å²) in [6.45, 7) is 1.86. The number of nitrogens with two attached hydrogens (primary N) is 1. The zero-order chi connectivity index (χ0) is 8.27. The highest BCUT2D eigenvalue weighted by Crippen LogP contribution is 2.02. The van der Waals surface area contributed by atoms with Crippen LogP contribution >= 0.6 is 0 Å². The summed E-state index contributed by atoms with van der Waals surface area (Å²) in [6, 6.07) is 1.73. The third kappa shape index (κ3) is 2.16. The van der Waals surface area contributed by atoms with E-state index >= 15 is 0 Å². The minimum Gasteiger partial charge on any atom is -0.361 e. The van der Waals surface area contributed by atoms with Crippen molar-refractivity contribution in [2.24, 2.45) is 5.73 Å². The van der Waals surface area contributed by atoms with Crippen molar-refractivity contribution in [1.82, 2.24) is 5.16 Å². The van der Waals surface area contributed by atoms with Crippen molar-refractivity contribution in [3.63, 3.8) is 0 Å². The lowest BCUT2D eigenvalue weighted by Gasteiger charge is -1.89. The molecule has 0 saturated heterocycles. The monoisotopic (exact) mass is 154 g/mol. The number of ketones is 1. The van der Waals surface area contributed by atoms with Gasteiger partial charge in [-0.15, -0.1) is 0 Å². The molecule has 1 aromatic rings. The van der Waals surface area contributed by atoms with Crippen molar-refractivity contribution in [2.45, 2.75) is 13.3 Å². The first-order valence-electron chi connectivity index (χ1n) is 3.36. The van der Waals surface area contributed by atoms with E-state index in [1.54, 1.807) is 13.0 Å². The summed E-state index contributed by atoms with van der Waals surface area (Å²) in [5, 5.41) is 3.64. The summed E-state index contributed by atoms with van der Waals surface area (Å²) < 4.78 is 4.81. The van der Waals surface area contributed by atoms with E-state index in [-0.39, 0.29) is 18.7 Å². The van der Waals surface area contributed by atoms with E-state index < -0.39 is 0 Å². The zero-order valence-corrected chi connectivity index (χ0v) is 6.33. The van der Waals surface area contributed by atoms with Crippen LogP contribution in [-0.2, 0) is 11.2 Å². The second kappa shape index (κ2) is 3.30. The molecule has 2 N–H and O–H groups in total. The summed E-state index contributed by atoms with van der Waals surface area (Å²) in [5.41, 5.74) is 5.90. The number of hydrogen-bond donors (Lipinski definition) is 1. The van der Waals surface area contributed by atoms with Crippen LogP contribution in [0.1, 0.15) is 11.5 Å². The Hall–Kier alpha value is -1.16. The molecule has 0 aliphatic carbocycles. The van der Waals surface area contributed by atoms with Gasteiger partial charge >= 0.3 is 0 Å². The molecule has 0 aromatic carbocycles. The zero-order valence-electron chi connectivity index (χ0n) is 6.33. The number of aromatic nitrogens is 1. The first kappa shape index (κ1) is 7.94. The predicted octanol–water partition coefficient (Wildman–Crippen LogP) is 0.0533. The van der Waals surface area contributed by atoms with Crippen molar-refractivity contribution in [2.75, 3.05) is 6.54 Å². The minimum absolute atomic E-state index is 0.0406. The molecule has 0 aliphatic heterocycles. The highest BCUT2D eigenvalue weighted by atomic mass is 16.5. The average molecular weight is 154 g/mol. The lowest BCUT2D eigenvalue weighted by molar-refractivity contribution is -0.117. The molecule has 1 heterocycles. The van der Waals surface area contributed by atoms with Gasteiger partial charge in [0, 0.05) is 6.07 Å². The van der Waals surface area contributed by atoms with E-state index in [4.69, 9.17) is 10.3 Å². The number of hydrogen-bond acceptors (Lipinski definition) is 4. The number of carbonyl (C=O) groups is 1. The van der Waals surface area contributed by atoms with E-state index in [1.165, 1.54) is 0 Å².